The summed E-state index contributed by atoms with van der Waals surface area (Å²) in [5, 5.41) is 13.2. The number of likely N-dealkylation sites (tertiary alicyclic amines) is 1. The summed E-state index contributed by atoms with van der Waals surface area (Å²) in [5.41, 5.74) is 4.00. The average Bonchev–Trinajstić information content (AvgIpc) is 3.09. The maximum atomic E-state index is 4.83. The third-order valence-corrected chi connectivity index (χ3v) is 5.95. The van der Waals surface area contributed by atoms with Crippen molar-refractivity contribution in [2.24, 2.45) is 0 Å². The maximum absolute atomic E-state index is 4.83. The minimum atomic E-state index is 0.524. The van der Waals surface area contributed by atoms with Gasteiger partial charge in [0.2, 0.25) is 5.13 Å². The smallest absolute Gasteiger partial charge is 0.211 e. The van der Waals surface area contributed by atoms with Crippen LogP contribution in [0.3, 0.4) is 0 Å². The summed E-state index contributed by atoms with van der Waals surface area (Å²) in [7, 11) is 0. The molecule has 3 aromatic rings. The van der Waals surface area contributed by atoms with Gasteiger partial charge in [-0.05, 0) is 63.0 Å². The highest BCUT2D eigenvalue weighted by Crippen LogP contribution is 2.29. The molecule has 2 aromatic heterocycles. The lowest BCUT2D eigenvalue weighted by Crippen LogP contribution is -2.32. The molecule has 1 saturated heterocycles. The van der Waals surface area contributed by atoms with Crippen LogP contribution in [-0.2, 0) is 6.54 Å². The van der Waals surface area contributed by atoms with Crippen LogP contribution in [0, 0.1) is 13.8 Å². The predicted molar refractivity (Wildman–Crippen MR) is 111 cm³/mol. The SMILES string of the molecule is Cc1nnc(Nc2cccc(C3CCN(Cc4ccccc4C)CC3)n2)s1. The molecule has 0 amide bonds. The molecule has 1 fully saturated rings. The van der Waals surface area contributed by atoms with Gasteiger partial charge in [-0.15, -0.1) is 10.2 Å². The molecule has 4 rings (SSSR count). The number of aromatic nitrogens is 3. The van der Waals surface area contributed by atoms with Crippen LogP contribution in [0.5, 0.6) is 0 Å². The minimum Gasteiger partial charge on any atom is -0.315 e. The Morgan fingerprint density at radius 2 is 1.85 bits per heavy atom. The van der Waals surface area contributed by atoms with Crippen LogP contribution in [0.4, 0.5) is 10.9 Å². The third-order valence-electron chi connectivity index (χ3n) is 5.19. The van der Waals surface area contributed by atoms with E-state index in [0.29, 0.717) is 5.92 Å². The first-order valence-electron chi connectivity index (χ1n) is 9.48. The van der Waals surface area contributed by atoms with Crippen molar-refractivity contribution in [1.82, 2.24) is 20.1 Å². The predicted octanol–water partition coefficient (Wildman–Crippen LogP) is 4.67. The Hall–Kier alpha value is -2.31. The molecule has 1 aromatic carbocycles. The van der Waals surface area contributed by atoms with Crippen LogP contribution in [0.15, 0.2) is 42.5 Å². The quantitative estimate of drug-likeness (QED) is 0.698. The van der Waals surface area contributed by atoms with Gasteiger partial charge < -0.3 is 5.32 Å². The molecule has 0 unspecified atom stereocenters. The van der Waals surface area contributed by atoms with E-state index in [-0.39, 0.29) is 0 Å². The van der Waals surface area contributed by atoms with E-state index in [1.165, 1.54) is 16.8 Å². The fraction of sp³-hybridized carbons (Fsp3) is 0.381. The first-order chi connectivity index (χ1) is 13.2. The largest absolute Gasteiger partial charge is 0.315 e. The summed E-state index contributed by atoms with van der Waals surface area (Å²) in [6, 6.07) is 14.9. The molecule has 27 heavy (non-hydrogen) atoms. The molecule has 0 bridgehead atoms. The van der Waals surface area contributed by atoms with Gasteiger partial charge in [-0.3, -0.25) is 4.90 Å². The Kier molecular flexibility index (Phi) is 5.45. The molecule has 3 heterocycles. The van der Waals surface area contributed by atoms with E-state index in [0.717, 1.165) is 48.4 Å². The first-order valence-corrected chi connectivity index (χ1v) is 10.3. The van der Waals surface area contributed by atoms with E-state index >= 15 is 0 Å². The lowest BCUT2D eigenvalue weighted by Gasteiger charge is -2.32. The van der Waals surface area contributed by atoms with E-state index in [2.05, 4.69) is 63.7 Å². The molecule has 0 aliphatic carbocycles. The highest BCUT2D eigenvalue weighted by molar-refractivity contribution is 7.15. The second kappa shape index (κ2) is 8.15. The van der Waals surface area contributed by atoms with E-state index < -0.39 is 0 Å². The summed E-state index contributed by atoms with van der Waals surface area (Å²) in [6.07, 6.45) is 2.31. The number of benzene rings is 1. The molecule has 140 valence electrons. The molecule has 0 radical (unpaired) electrons. The highest BCUT2D eigenvalue weighted by Gasteiger charge is 2.22. The van der Waals surface area contributed by atoms with Gasteiger partial charge >= 0.3 is 0 Å². The Morgan fingerprint density at radius 1 is 1.04 bits per heavy atom. The molecule has 0 saturated carbocycles. The molecule has 1 aliphatic heterocycles. The fourth-order valence-corrected chi connectivity index (χ4v) is 4.22. The van der Waals surface area contributed by atoms with Gasteiger partial charge in [0, 0.05) is 18.2 Å². The van der Waals surface area contributed by atoms with Gasteiger partial charge in [-0.1, -0.05) is 41.7 Å². The van der Waals surface area contributed by atoms with Crippen LogP contribution >= 0.6 is 11.3 Å². The van der Waals surface area contributed by atoms with E-state index in [9.17, 15) is 0 Å². The number of hydrogen-bond donors (Lipinski definition) is 1. The van der Waals surface area contributed by atoms with Gasteiger partial charge in [0.1, 0.15) is 10.8 Å². The van der Waals surface area contributed by atoms with Gasteiger partial charge in [0.25, 0.3) is 0 Å². The van der Waals surface area contributed by atoms with Crippen molar-refractivity contribution in [3.8, 4) is 0 Å². The number of anilines is 2. The second-order valence-corrected chi connectivity index (χ2v) is 8.36. The molecule has 1 aliphatic rings. The number of pyridine rings is 1. The van der Waals surface area contributed by atoms with Crippen LogP contribution in [0.2, 0.25) is 0 Å². The first kappa shape index (κ1) is 18.1. The number of hydrogen-bond acceptors (Lipinski definition) is 6. The summed E-state index contributed by atoms with van der Waals surface area (Å²) in [6.45, 7) is 7.44. The third kappa shape index (κ3) is 4.51. The lowest BCUT2D eigenvalue weighted by molar-refractivity contribution is 0.203. The van der Waals surface area contributed by atoms with E-state index in [1.54, 1.807) is 11.3 Å². The molecule has 0 atom stereocenters. The van der Waals surface area contributed by atoms with E-state index in [1.807, 2.05) is 13.0 Å². The van der Waals surface area contributed by atoms with Gasteiger partial charge in [-0.2, -0.15) is 0 Å². The Balaban J connectivity index is 1.36. The number of nitrogens with zero attached hydrogens (tertiary/aromatic N) is 4. The van der Waals surface area contributed by atoms with Crippen LogP contribution < -0.4 is 5.32 Å². The van der Waals surface area contributed by atoms with Crippen molar-refractivity contribution in [3.63, 3.8) is 0 Å². The lowest BCUT2D eigenvalue weighted by atomic mass is 9.92. The van der Waals surface area contributed by atoms with Crippen molar-refractivity contribution in [2.75, 3.05) is 18.4 Å². The van der Waals surface area contributed by atoms with Crippen LogP contribution in [-0.4, -0.2) is 33.2 Å². The highest BCUT2D eigenvalue weighted by atomic mass is 32.1. The van der Waals surface area contributed by atoms with Crippen molar-refractivity contribution < 1.29 is 0 Å². The fourth-order valence-electron chi connectivity index (χ4n) is 3.62. The standard InChI is InChI=1S/C21H25N5S/c1-15-6-3-4-7-18(15)14-26-12-10-17(11-13-26)19-8-5-9-20(22-19)23-21-25-24-16(2)27-21/h3-9,17H,10-14H2,1-2H3,(H,22,23,25). The van der Waals surface area contributed by atoms with Gasteiger partial charge in [0.05, 0.1) is 0 Å². The van der Waals surface area contributed by atoms with Crippen molar-refractivity contribution in [2.45, 2.75) is 39.2 Å². The van der Waals surface area contributed by atoms with Gasteiger partial charge in [0.15, 0.2) is 0 Å². The summed E-state index contributed by atoms with van der Waals surface area (Å²) < 4.78 is 0. The molecular weight excluding hydrogens is 354 g/mol. The van der Waals surface area contributed by atoms with E-state index in [4.69, 9.17) is 4.98 Å². The number of nitrogens with one attached hydrogen (secondary N) is 1. The topological polar surface area (TPSA) is 53.9 Å². The van der Waals surface area contributed by atoms with Crippen molar-refractivity contribution in [3.05, 3.63) is 64.3 Å². The maximum Gasteiger partial charge on any atom is 0.211 e. The molecule has 6 heteroatoms. The number of rotatable bonds is 5. The Morgan fingerprint density at radius 3 is 2.59 bits per heavy atom. The Labute approximate surface area is 164 Å². The van der Waals surface area contributed by atoms with Gasteiger partial charge in [-0.25, -0.2) is 4.98 Å². The second-order valence-electron chi connectivity index (χ2n) is 7.18. The normalized spacial score (nSPS) is 15.8. The average molecular weight is 380 g/mol. The zero-order valence-electron chi connectivity index (χ0n) is 15.9. The monoisotopic (exact) mass is 379 g/mol. The van der Waals surface area contributed by atoms with Crippen molar-refractivity contribution >= 4 is 22.3 Å². The van der Waals surface area contributed by atoms with Crippen LogP contribution in [0.25, 0.3) is 0 Å². The van der Waals surface area contributed by atoms with Crippen molar-refractivity contribution in [1.29, 1.82) is 0 Å². The number of aryl methyl sites for hydroxylation is 2. The number of piperidine rings is 1. The summed E-state index contributed by atoms with van der Waals surface area (Å²) in [5.74, 6) is 1.38. The summed E-state index contributed by atoms with van der Waals surface area (Å²) in [4.78, 5) is 7.39. The summed E-state index contributed by atoms with van der Waals surface area (Å²) >= 11 is 1.55. The minimum absolute atomic E-state index is 0.524. The zero-order chi connectivity index (χ0) is 18.6. The zero-order valence-corrected chi connectivity index (χ0v) is 16.7. The molecule has 0 spiro atoms. The van der Waals surface area contributed by atoms with Crippen LogP contribution in [0.1, 0.15) is 40.6 Å². The Bertz CT molecular complexity index is 899. The molecule has 1 N–H and O–H groups in total. The molecule has 5 nitrogen and oxygen atoms in total. The molecular formula is C21H25N5S.